The first-order chi connectivity index (χ1) is 8.02. The fraction of sp³-hybridized carbons (Fsp3) is 0.333. The topological polar surface area (TPSA) is 71.8 Å². The van der Waals surface area contributed by atoms with Gasteiger partial charge in [-0.2, -0.15) is 0 Å². The molecule has 0 bridgehead atoms. The number of H-pyrrole nitrogens is 1. The van der Waals surface area contributed by atoms with Crippen molar-refractivity contribution in [1.82, 2.24) is 9.97 Å². The van der Waals surface area contributed by atoms with Crippen molar-refractivity contribution in [2.45, 2.75) is 27.2 Å². The molecule has 0 aliphatic carbocycles. The first kappa shape index (κ1) is 11.9. The molecule has 90 valence electrons. The third kappa shape index (κ3) is 2.10. The van der Waals surface area contributed by atoms with Gasteiger partial charge in [0, 0.05) is 16.1 Å². The second-order valence-electron chi connectivity index (χ2n) is 3.94. The Morgan fingerprint density at radius 3 is 2.71 bits per heavy atom. The van der Waals surface area contributed by atoms with Gasteiger partial charge >= 0.3 is 0 Å². The number of nitrogen functional groups attached to an aromatic ring is 1. The van der Waals surface area contributed by atoms with Crippen LogP contribution in [0.25, 0.3) is 11.3 Å². The van der Waals surface area contributed by atoms with Crippen molar-refractivity contribution in [3.05, 3.63) is 32.0 Å². The van der Waals surface area contributed by atoms with E-state index in [9.17, 15) is 4.79 Å². The number of aryl methyl sites for hydroxylation is 3. The van der Waals surface area contributed by atoms with Crippen molar-refractivity contribution in [3.8, 4) is 11.3 Å². The number of hydrogen-bond donors (Lipinski definition) is 2. The second kappa shape index (κ2) is 4.33. The maximum atomic E-state index is 11.5. The monoisotopic (exact) mass is 249 g/mol. The molecule has 0 spiro atoms. The zero-order chi connectivity index (χ0) is 12.6. The van der Waals surface area contributed by atoms with Crippen LogP contribution in [-0.2, 0) is 6.42 Å². The van der Waals surface area contributed by atoms with Gasteiger partial charge in [-0.15, -0.1) is 11.3 Å². The van der Waals surface area contributed by atoms with Crippen molar-refractivity contribution in [1.29, 1.82) is 0 Å². The van der Waals surface area contributed by atoms with Gasteiger partial charge in [-0.3, -0.25) is 4.79 Å². The summed E-state index contributed by atoms with van der Waals surface area (Å²) in [6.07, 6.45) is 0.751. The van der Waals surface area contributed by atoms with Crippen LogP contribution < -0.4 is 11.3 Å². The van der Waals surface area contributed by atoms with E-state index in [2.05, 4.69) is 9.97 Å². The summed E-state index contributed by atoms with van der Waals surface area (Å²) in [4.78, 5) is 19.9. The zero-order valence-electron chi connectivity index (χ0n) is 10.1. The van der Waals surface area contributed by atoms with Gasteiger partial charge in [0.25, 0.3) is 5.56 Å². The Kier molecular flexibility index (Phi) is 3.02. The Balaban J connectivity index is 2.70. The lowest BCUT2D eigenvalue weighted by Crippen LogP contribution is -2.14. The van der Waals surface area contributed by atoms with Crippen LogP contribution in [0.4, 0.5) is 5.69 Å². The van der Waals surface area contributed by atoms with Gasteiger partial charge in [-0.1, -0.05) is 6.92 Å². The Morgan fingerprint density at radius 1 is 1.47 bits per heavy atom. The van der Waals surface area contributed by atoms with Crippen LogP contribution in [0, 0.1) is 13.8 Å². The molecule has 2 rings (SSSR count). The van der Waals surface area contributed by atoms with Crippen LogP contribution in [-0.4, -0.2) is 9.97 Å². The summed E-state index contributed by atoms with van der Waals surface area (Å²) in [6.45, 7) is 6.00. The summed E-state index contributed by atoms with van der Waals surface area (Å²) in [7, 11) is 0. The van der Waals surface area contributed by atoms with E-state index in [-0.39, 0.29) is 11.2 Å². The Hall–Kier alpha value is -1.62. The van der Waals surface area contributed by atoms with E-state index < -0.39 is 0 Å². The number of aromatic nitrogens is 2. The van der Waals surface area contributed by atoms with E-state index in [0.717, 1.165) is 33.3 Å². The van der Waals surface area contributed by atoms with Gasteiger partial charge in [0.05, 0.1) is 16.4 Å². The molecular weight excluding hydrogens is 234 g/mol. The summed E-state index contributed by atoms with van der Waals surface area (Å²) in [5.74, 6) is 0. The molecule has 0 aliphatic rings. The molecule has 4 nitrogen and oxygen atoms in total. The molecule has 0 saturated heterocycles. The molecule has 0 unspecified atom stereocenters. The SMILES string of the molecule is CCc1[nH]c(=O)c(N)cc1-c1nc(C)sc1C. The predicted molar refractivity (Wildman–Crippen MR) is 71.4 cm³/mol. The van der Waals surface area contributed by atoms with Crippen LogP contribution >= 0.6 is 11.3 Å². The maximum absolute atomic E-state index is 11.5. The van der Waals surface area contributed by atoms with Crippen molar-refractivity contribution in [3.63, 3.8) is 0 Å². The van der Waals surface area contributed by atoms with Gasteiger partial charge < -0.3 is 10.7 Å². The molecule has 2 aromatic rings. The van der Waals surface area contributed by atoms with Crippen LogP contribution in [0.1, 0.15) is 22.5 Å². The molecular formula is C12H15N3OS. The molecule has 0 amide bonds. The summed E-state index contributed by atoms with van der Waals surface area (Å²) >= 11 is 1.65. The van der Waals surface area contributed by atoms with Gasteiger partial charge in [-0.25, -0.2) is 4.98 Å². The van der Waals surface area contributed by atoms with E-state index in [1.807, 2.05) is 20.8 Å². The average molecular weight is 249 g/mol. The second-order valence-corrected chi connectivity index (χ2v) is 5.34. The van der Waals surface area contributed by atoms with Gasteiger partial charge in [-0.05, 0) is 26.3 Å². The first-order valence-electron chi connectivity index (χ1n) is 5.49. The molecule has 5 heteroatoms. The molecule has 2 aromatic heterocycles. The first-order valence-corrected chi connectivity index (χ1v) is 6.30. The Morgan fingerprint density at radius 2 is 2.18 bits per heavy atom. The third-order valence-electron chi connectivity index (χ3n) is 2.66. The minimum Gasteiger partial charge on any atom is -0.394 e. The molecule has 17 heavy (non-hydrogen) atoms. The summed E-state index contributed by atoms with van der Waals surface area (Å²) < 4.78 is 0. The number of thiazole rings is 1. The van der Waals surface area contributed by atoms with Crippen molar-refractivity contribution in [2.24, 2.45) is 0 Å². The standard InChI is InChI=1S/C12H15N3OS/c1-4-10-8(5-9(13)12(16)15-10)11-6(2)17-7(3)14-11/h5H,4,13H2,1-3H3,(H,15,16). The van der Waals surface area contributed by atoms with E-state index in [0.29, 0.717) is 0 Å². The fourth-order valence-electron chi connectivity index (χ4n) is 1.85. The Labute approximate surface area is 104 Å². The average Bonchev–Trinajstić information content (AvgIpc) is 2.61. The third-order valence-corrected chi connectivity index (χ3v) is 3.55. The molecule has 0 aromatic carbocycles. The number of nitrogens with zero attached hydrogens (tertiary/aromatic N) is 1. The quantitative estimate of drug-likeness (QED) is 0.857. The number of nitrogens with one attached hydrogen (secondary N) is 1. The molecule has 2 heterocycles. The normalized spacial score (nSPS) is 10.8. The lowest BCUT2D eigenvalue weighted by atomic mass is 10.1. The van der Waals surface area contributed by atoms with Crippen molar-refractivity contribution < 1.29 is 0 Å². The van der Waals surface area contributed by atoms with E-state index >= 15 is 0 Å². The fourth-order valence-corrected chi connectivity index (χ4v) is 2.69. The number of aromatic amines is 1. The predicted octanol–water partition coefficient (Wildman–Crippen LogP) is 2.26. The molecule has 0 fully saturated rings. The zero-order valence-corrected chi connectivity index (χ0v) is 10.9. The minimum atomic E-state index is -0.227. The number of hydrogen-bond acceptors (Lipinski definition) is 4. The number of anilines is 1. The lowest BCUT2D eigenvalue weighted by Gasteiger charge is -2.07. The van der Waals surface area contributed by atoms with Gasteiger partial charge in [0.15, 0.2) is 0 Å². The van der Waals surface area contributed by atoms with Crippen LogP contribution in [0.2, 0.25) is 0 Å². The molecule has 0 aliphatic heterocycles. The van der Waals surface area contributed by atoms with E-state index in [1.54, 1.807) is 17.4 Å². The smallest absolute Gasteiger partial charge is 0.271 e. The van der Waals surface area contributed by atoms with Crippen LogP contribution in [0.15, 0.2) is 10.9 Å². The molecule has 0 atom stereocenters. The van der Waals surface area contributed by atoms with Crippen LogP contribution in [0.3, 0.4) is 0 Å². The summed E-state index contributed by atoms with van der Waals surface area (Å²) in [6, 6.07) is 1.72. The van der Waals surface area contributed by atoms with Crippen molar-refractivity contribution >= 4 is 17.0 Å². The summed E-state index contributed by atoms with van der Waals surface area (Å²) in [5.41, 5.74) is 8.43. The maximum Gasteiger partial charge on any atom is 0.271 e. The van der Waals surface area contributed by atoms with Gasteiger partial charge in [0.2, 0.25) is 0 Å². The van der Waals surface area contributed by atoms with E-state index in [1.165, 1.54) is 0 Å². The highest BCUT2D eigenvalue weighted by atomic mass is 32.1. The highest BCUT2D eigenvalue weighted by Crippen LogP contribution is 2.29. The highest BCUT2D eigenvalue weighted by molar-refractivity contribution is 7.11. The highest BCUT2D eigenvalue weighted by Gasteiger charge is 2.13. The largest absolute Gasteiger partial charge is 0.394 e. The lowest BCUT2D eigenvalue weighted by molar-refractivity contribution is 1.01. The summed E-state index contributed by atoms with van der Waals surface area (Å²) in [5, 5.41) is 1.02. The van der Waals surface area contributed by atoms with Gasteiger partial charge in [0.1, 0.15) is 0 Å². The number of rotatable bonds is 2. The number of nitrogens with two attached hydrogens (primary N) is 1. The molecule has 3 N–H and O–H groups in total. The molecule has 0 radical (unpaired) electrons. The number of pyridine rings is 1. The van der Waals surface area contributed by atoms with Crippen LogP contribution in [0.5, 0.6) is 0 Å². The van der Waals surface area contributed by atoms with E-state index in [4.69, 9.17) is 5.73 Å². The molecule has 0 saturated carbocycles. The van der Waals surface area contributed by atoms with Crippen molar-refractivity contribution in [2.75, 3.05) is 5.73 Å². The minimum absolute atomic E-state index is 0.227. The Bertz CT molecular complexity index is 613.